The van der Waals surface area contributed by atoms with Crippen LogP contribution >= 0.6 is 23.4 Å². The maximum Gasteiger partial charge on any atom is 0.242 e. The van der Waals surface area contributed by atoms with E-state index in [4.69, 9.17) is 21.1 Å². The van der Waals surface area contributed by atoms with E-state index in [-0.39, 0.29) is 24.1 Å². The third kappa shape index (κ3) is 5.77. The number of ether oxygens (including phenoxy) is 2. The Kier molecular flexibility index (Phi) is 7.09. The predicted octanol–water partition coefficient (Wildman–Crippen LogP) is 2.67. The number of carbonyl (C=O) groups excluding carboxylic acids is 2. The maximum atomic E-state index is 12.5. The van der Waals surface area contributed by atoms with E-state index in [1.807, 2.05) is 42.5 Å². The van der Waals surface area contributed by atoms with E-state index in [0.717, 1.165) is 29.4 Å². The summed E-state index contributed by atoms with van der Waals surface area (Å²) in [5.74, 6) is 1.42. The largest absolute Gasteiger partial charge is 0.486 e. The van der Waals surface area contributed by atoms with Crippen molar-refractivity contribution in [3.05, 3.63) is 47.5 Å². The van der Waals surface area contributed by atoms with Gasteiger partial charge in [-0.3, -0.25) is 9.59 Å². The second kappa shape index (κ2) is 10.2. The summed E-state index contributed by atoms with van der Waals surface area (Å²) in [5, 5.41) is 3.43. The number of thioether (sulfide) groups is 1. The van der Waals surface area contributed by atoms with E-state index in [1.54, 1.807) is 4.90 Å². The molecule has 1 fully saturated rings. The molecule has 2 aromatic rings. The van der Waals surface area contributed by atoms with Crippen LogP contribution in [0.2, 0.25) is 5.02 Å². The minimum Gasteiger partial charge on any atom is -0.486 e. The van der Waals surface area contributed by atoms with Gasteiger partial charge in [0, 0.05) is 41.8 Å². The summed E-state index contributed by atoms with van der Waals surface area (Å²) in [5.41, 5.74) is 1.10. The van der Waals surface area contributed by atoms with E-state index < -0.39 is 0 Å². The zero-order chi connectivity index (χ0) is 21.6. The molecule has 0 saturated carbocycles. The standard InChI is InChI=1S/C22H24ClN3O4S/c23-16-1-3-17(4-2-16)25-7-9-26(10-8-25)22(28)14-24-21(27)15-31-18-5-6-19-20(13-18)30-12-11-29-19/h1-6,13H,7-12,14-15H2,(H,24,27). The van der Waals surface area contributed by atoms with Gasteiger partial charge < -0.3 is 24.6 Å². The SMILES string of the molecule is O=C(CSc1ccc2c(c1)OCCO2)NCC(=O)N1CCN(c2ccc(Cl)cc2)CC1. The van der Waals surface area contributed by atoms with Crippen LogP contribution in [0.4, 0.5) is 5.69 Å². The van der Waals surface area contributed by atoms with Crippen LogP contribution in [0.15, 0.2) is 47.4 Å². The van der Waals surface area contributed by atoms with Crippen molar-refractivity contribution in [1.29, 1.82) is 0 Å². The molecule has 1 N–H and O–H groups in total. The highest BCUT2D eigenvalue weighted by molar-refractivity contribution is 8.00. The number of benzene rings is 2. The van der Waals surface area contributed by atoms with Crippen LogP contribution in [0.3, 0.4) is 0 Å². The molecule has 0 aromatic heterocycles. The minimum atomic E-state index is -0.173. The highest BCUT2D eigenvalue weighted by atomic mass is 35.5. The number of halogens is 1. The first-order chi connectivity index (χ1) is 15.1. The molecule has 2 amide bonds. The van der Waals surface area contributed by atoms with Crippen molar-refractivity contribution in [3.8, 4) is 11.5 Å². The van der Waals surface area contributed by atoms with Crippen LogP contribution in [0.5, 0.6) is 11.5 Å². The molecule has 164 valence electrons. The van der Waals surface area contributed by atoms with Crippen LogP contribution in [0, 0.1) is 0 Å². The first-order valence-corrected chi connectivity index (χ1v) is 11.5. The summed E-state index contributed by atoms with van der Waals surface area (Å²) >= 11 is 7.34. The Morgan fingerprint density at radius 3 is 2.42 bits per heavy atom. The van der Waals surface area contributed by atoms with Crippen LogP contribution in [0.25, 0.3) is 0 Å². The minimum absolute atomic E-state index is 0.0154. The van der Waals surface area contributed by atoms with Crippen LogP contribution in [-0.4, -0.2) is 68.4 Å². The smallest absolute Gasteiger partial charge is 0.242 e. The predicted molar refractivity (Wildman–Crippen MR) is 121 cm³/mol. The van der Waals surface area contributed by atoms with Crippen molar-refractivity contribution >= 4 is 40.9 Å². The summed E-state index contributed by atoms with van der Waals surface area (Å²) in [6, 6.07) is 13.3. The summed E-state index contributed by atoms with van der Waals surface area (Å²) in [7, 11) is 0. The molecule has 2 heterocycles. The van der Waals surface area contributed by atoms with Crippen molar-refractivity contribution < 1.29 is 19.1 Å². The molecule has 0 bridgehead atoms. The monoisotopic (exact) mass is 461 g/mol. The number of nitrogens with zero attached hydrogens (tertiary/aromatic N) is 2. The zero-order valence-electron chi connectivity index (χ0n) is 17.0. The fraction of sp³-hybridized carbons (Fsp3) is 0.364. The summed E-state index contributed by atoms with van der Waals surface area (Å²) in [6.45, 7) is 3.85. The van der Waals surface area contributed by atoms with Crippen LogP contribution in [-0.2, 0) is 9.59 Å². The van der Waals surface area contributed by atoms with Gasteiger partial charge in [-0.05, 0) is 42.5 Å². The number of hydrogen-bond donors (Lipinski definition) is 1. The zero-order valence-corrected chi connectivity index (χ0v) is 18.6. The molecule has 0 spiro atoms. The number of anilines is 1. The Balaban J connectivity index is 1.17. The number of carbonyl (C=O) groups is 2. The van der Waals surface area contributed by atoms with Crippen LogP contribution in [0.1, 0.15) is 0 Å². The van der Waals surface area contributed by atoms with E-state index in [9.17, 15) is 9.59 Å². The molecular weight excluding hydrogens is 438 g/mol. The lowest BCUT2D eigenvalue weighted by molar-refractivity contribution is -0.132. The number of hydrogen-bond acceptors (Lipinski definition) is 6. The molecule has 4 rings (SSSR count). The number of rotatable bonds is 6. The third-order valence-corrected chi connectivity index (χ3v) is 6.39. The Labute approximate surface area is 190 Å². The van der Waals surface area contributed by atoms with Gasteiger partial charge in [0.15, 0.2) is 11.5 Å². The lowest BCUT2D eigenvalue weighted by Gasteiger charge is -2.36. The quantitative estimate of drug-likeness (QED) is 0.667. The molecule has 7 nitrogen and oxygen atoms in total. The molecule has 31 heavy (non-hydrogen) atoms. The van der Waals surface area contributed by atoms with Gasteiger partial charge in [-0.15, -0.1) is 11.8 Å². The molecular formula is C22H24ClN3O4S. The molecule has 0 radical (unpaired) electrons. The summed E-state index contributed by atoms with van der Waals surface area (Å²) in [4.78, 5) is 29.6. The fourth-order valence-corrected chi connectivity index (χ4v) is 4.35. The van der Waals surface area contributed by atoms with Gasteiger partial charge in [0.2, 0.25) is 11.8 Å². The van der Waals surface area contributed by atoms with Gasteiger partial charge >= 0.3 is 0 Å². The fourth-order valence-electron chi connectivity index (χ4n) is 3.47. The number of fused-ring (bicyclic) bond motifs is 1. The number of nitrogens with one attached hydrogen (secondary N) is 1. The van der Waals surface area contributed by atoms with E-state index in [1.165, 1.54) is 11.8 Å². The second-order valence-corrected chi connectivity index (χ2v) is 8.70. The van der Waals surface area contributed by atoms with E-state index in [2.05, 4.69) is 10.2 Å². The van der Waals surface area contributed by atoms with Crippen LogP contribution < -0.4 is 19.7 Å². The second-order valence-electron chi connectivity index (χ2n) is 7.22. The van der Waals surface area contributed by atoms with E-state index >= 15 is 0 Å². The highest BCUT2D eigenvalue weighted by Crippen LogP contribution is 2.34. The van der Waals surface area contributed by atoms with Gasteiger partial charge in [0.05, 0.1) is 12.3 Å². The Morgan fingerprint density at radius 2 is 1.68 bits per heavy atom. The van der Waals surface area contributed by atoms with Gasteiger partial charge in [0.1, 0.15) is 13.2 Å². The average Bonchev–Trinajstić information content (AvgIpc) is 2.81. The van der Waals surface area contributed by atoms with E-state index in [0.29, 0.717) is 37.1 Å². The van der Waals surface area contributed by atoms with Gasteiger partial charge in [-0.2, -0.15) is 0 Å². The van der Waals surface area contributed by atoms with Crippen molar-refractivity contribution in [3.63, 3.8) is 0 Å². The first-order valence-electron chi connectivity index (χ1n) is 10.2. The summed E-state index contributed by atoms with van der Waals surface area (Å²) in [6.07, 6.45) is 0. The number of amides is 2. The van der Waals surface area contributed by atoms with Gasteiger partial charge in [0.25, 0.3) is 0 Å². The molecule has 0 atom stereocenters. The summed E-state index contributed by atoms with van der Waals surface area (Å²) < 4.78 is 11.1. The molecule has 2 aromatic carbocycles. The molecule has 2 aliphatic heterocycles. The topological polar surface area (TPSA) is 71.1 Å². The molecule has 9 heteroatoms. The number of piperazine rings is 1. The van der Waals surface area contributed by atoms with Crippen molar-refractivity contribution in [2.24, 2.45) is 0 Å². The normalized spacial score (nSPS) is 15.5. The Bertz CT molecular complexity index is 933. The van der Waals surface area contributed by atoms with Crippen molar-refractivity contribution in [2.75, 3.05) is 56.6 Å². The average molecular weight is 462 g/mol. The van der Waals surface area contributed by atoms with Gasteiger partial charge in [-0.25, -0.2) is 0 Å². The third-order valence-electron chi connectivity index (χ3n) is 5.14. The first kappa shape index (κ1) is 21.6. The van der Waals surface area contributed by atoms with Gasteiger partial charge in [-0.1, -0.05) is 11.6 Å². The lowest BCUT2D eigenvalue weighted by Crippen LogP contribution is -2.51. The molecule has 2 aliphatic rings. The molecule has 0 aliphatic carbocycles. The maximum absolute atomic E-state index is 12.5. The lowest BCUT2D eigenvalue weighted by atomic mass is 10.2. The molecule has 1 saturated heterocycles. The highest BCUT2D eigenvalue weighted by Gasteiger charge is 2.21. The van der Waals surface area contributed by atoms with Crippen molar-refractivity contribution in [1.82, 2.24) is 10.2 Å². The molecule has 0 unspecified atom stereocenters. The van der Waals surface area contributed by atoms with Crippen molar-refractivity contribution in [2.45, 2.75) is 4.90 Å². The Hall–Kier alpha value is -2.58. The Morgan fingerprint density at radius 1 is 0.968 bits per heavy atom.